The second-order valence-electron chi connectivity index (χ2n) is 4.47. The van der Waals surface area contributed by atoms with Gasteiger partial charge in [-0.05, 0) is 48.9 Å². The molecule has 4 nitrogen and oxygen atoms in total. The Morgan fingerprint density at radius 1 is 1.20 bits per heavy atom. The van der Waals surface area contributed by atoms with Gasteiger partial charge in [0.05, 0.1) is 0 Å². The van der Waals surface area contributed by atoms with Crippen LogP contribution in [0.2, 0.25) is 0 Å². The summed E-state index contributed by atoms with van der Waals surface area (Å²) in [6, 6.07) is 10.5. The zero-order valence-corrected chi connectivity index (χ0v) is 11.0. The summed E-state index contributed by atoms with van der Waals surface area (Å²) in [7, 11) is 0. The molecule has 20 heavy (non-hydrogen) atoms. The number of ether oxygens (including phenoxy) is 1. The van der Waals surface area contributed by atoms with Crippen molar-refractivity contribution >= 4 is 5.91 Å². The van der Waals surface area contributed by atoms with Gasteiger partial charge >= 0.3 is 0 Å². The van der Waals surface area contributed by atoms with Gasteiger partial charge in [-0.25, -0.2) is 4.39 Å². The second-order valence-corrected chi connectivity index (χ2v) is 4.47. The Kier molecular flexibility index (Phi) is 4.00. The first kappa shape index (κ1) is 14.0. The fourth-order valence-electron chi connectivity index (χ4n) is 1.70. The van der Waals surface area contributed by atoms with Gasteiger partial charge in [-0.1, -0.05) is 6.07 Å². The number of primary amides is 1. The van der Waals surface area contributed by atoms with Crippen molar-refractivity contribution in [2.24, 2.45) is 11.5 Å². The van der Waals surface area contributed by atoms with Gasteiger partial charge in [0.1, 0.15) is 5.75 Å². The average molecular weight is 274 g/mol. The number of nitrogens with two attached hydrogens (primary N) is 2. The number of halogens is 1. The first-order valence-corrected chi connectivity index (χ1v) is 6.10. The molecule has 104 valence electrons. The third kappa shape index (κ3) is 3.13. The maximum atomic E-state index is 13.8. The highest BCUT2D eigenvalue weighted by Gasteiger charge is 2.08. The van der Waals surface area contributed by atoms with Gasteiger partial charge in [-0.2, -0.15) is 0 Å². The van der Waals surface area contributed by atoms with Crippen molar-refractivity contribution in [1.82, 2.24) is 0 Å². The lowest BCUT2D eigenvalue weighted by atomic mass is 10.1. The van der Waals surface area contributed by atoms with E-state index in [1.54, 1.807) is 25.1 Å². The Bertz CT molecular complexity index is 624. The molecule has 0 aromatic heterocycles. The predicted octanol–water partition coefficient (Wildman–Crippen LogP) is 2.74. The number of hydrogen-bond acceptors (Lipinski definition) is 3. The SMILES string of the molecule is C[C@@H](N)c1ccc(Oc2ccc(C(N)=O)cc2)c(F)c1. The molecule has 0 fully saturated rings. The predicted molar refractivity (Wildman–Crippen MR) is 74.0 cm³/mol. The molecule has 0 aliphatic carbocycles. The zero-order chi connectivity index (χ0) is 14.7. The van der Waals surface area contributed by atoms with Gasteiger partial charge in [0, 0.05) is 11.6 Å². The van der Waals surface area contributed by atoms with Crippen LogP contribution in [0, 0.1) is 5.82 Å². The van der Waals surface area contributed by atoms with E-state index >= 15 is 0 Å². The van der Waals surface area contributed by atoms with Gasteiger partial charge in [-0.15, -0.1) is 0 Å². The number of carbonyl (C=O) groups is 1. The van der Waals surface area contributed by atoms with E-state index in [2.05, 4.69) is 0 Å². The quantitative estimate of drug-likeness (QED) is 0.899. The largest absolute Gasteiger partial charge is 0.454 e. The van der Waals surface area contributed by atoms with Crippen molar-refractivity contribution in [2.75, 3.05) is 0 Å². The van der Waals surface area contributed by atoms with Crippen LogP contribution in [-0.2, 0) is 0 Å². The Labute approximate surface area is 116 Å². The molecule has 4 N–H and O–H groups in total. The van der Waals surface area contributed by atoms with Crippen LogP contribution in [0.1, 0.15) is 28.9 Å². The van der Waals surface area contributed by atoms with Crippen molar-refractivity contribution < 1.29 is 13.9 Å². The number of benzene rings is 2. The molecular weight excluding hydrogens is 259 g/mol. The van der Waals surface area contributed by atoms with E-state index in [4.69, 9.17) is 16.2 Å². The van der Waals surface area contributed by atoms with Crippen LogP contribution in [0.15, 0.2) is 42.5 Å². The molecule has 0 saturated heterocycles. The summed E-state index contributed by atoms with van der Waals surface area (Å²) >= 11 is 0. The van der Waals surface area contributed by atoms with Gasteiger partial charge in [0.15, 0.2) is 11.6 Å². The third-order valence-electron chi connectivity index (χ3n) is 2.85. The lowest BCUT2D eigenvalue weighted by molar-refractivity contribution is 0.100. The van der Waals surface area contributed by atoms with Crippen LogP contribution in [0.4, 0.5) is 4.39 Å². The summed E-state index contributed by atoms with van der Waals surface area (Å²) in [5.41, 5.74) is 11.9. The first-order valence-electron chi connectivity index (χ1n) is 6.10. The van der Waals surface area contributed by atoms with Gasteiger partial charge in [0.2, 0.25) is 5.91 Å². The average Bonchev–Trinajstić information content (AvgIpc) is 2.41. The van der Waals surface area contributed by atoms with E-state index in [1.165, 1.54) is 24.3 Å². The van der Waals surface area contributed by atoms with Crippen molar-refractivity contribution in [3.63, 3.8) is 0 Å². The Balaban J connectivity index is 2.19. The van der Waals surface area contributed by atoms with Crippen molar-refractivity contribution in [3.8, 4) is 11.5 Å². The number of carbonyl (C=O) groups excluding carboxylic acids is 1. The monoisotopic (exact) mass is 274 g/mol. The smallest absolute Gasteiger partial charge is 0.248 e. The molecular formula is C15H15FN2O2. The van der Waals surface area contributed by atoms with Crippen LogP contribution in [0.25, 0.3) is 0 Å². The second kappa shape index (κ2) is 5.71. The minimum Gasteiger partial charge on any atom is -0.454 e. The molecule has 0 unspecified atom stereocenters. The molecule has 0 aliphatic heterocycles. The maximum Gasteiger partial charge on any atom is 0.248 e. The molecule has 0 radical (unpaired) electrons. The molecule has 0 bridgehead atoms. The molecule has 2 aromatic carbocycles. The number of amides is 1. The highest BCUT2D eigenvalue weighted by atomic mass is 19.1. The van der Waals surface area contributed by atoms with E-state index in [-0.39, 0.29) is 11.8 Å². The van der Waals surface area contributed by atoms with Gasteiger partial charge in [0.25, 0.3) is 0 Å². The number of rotatable bonds is 4. The minimum atomic E-state index is -0.524. The van der Waals surface area contributed by atoms with Crippen molar-refractivity contribution in [2.45, 2.75) is 13.0 Å². The Morgan fingerprint density at radius 2 is 1.85 bits per heavy atom. The summed E-state index contributed by atoms with van der Waals surface area (Å²) in [6.45, 7) is 1.78. The van der Waals surface area contributed by atoms with E-state index < -0.39 is 11.7 Å². The Morgan fingerprint density at radius 3 is 2.35 bits per heavy atom. The van der Waals surface area contributed by atoms with Crippen molar-refractivity contribution in [3.05, 3.63) is 59.4 Å². The summed E-state index contributed by atoms with van der Waals surface area (Å²) in [4.78, 5) is 10.9. The highest BCUT2D eigenvalue weighted by Crippen LogP contribution is 2.26. The van der Waals surface area contributed by atoms with Crippen molar-refractivity contribution in [1.29, 1.82) is 0 Å². The van der Waals surface area contributed by atoms with E-state index in [0.29, 0.717) is 16.9 Å². The topological polar surface area (TPSA) is 78.3 Å². The molecule has 2 rings (SSSR count). The minimum absolute atomic E-state index is 0.0984. The molecule has 1 atom stereocenters. The normalized spacial score (nSPS) is 11.9. The molecule has 0 spiro atoms. The summed E-state index contributed by atoms with van der Waals surface area (Å²) < 4.78 is 19.3. The van der Waals surface area contributed by atoms with E-state index in [1.807, 2.05) is 0 Å². The van der Waals surface area contributed by atoms with Crippen LogP contribution in [-0.4, -0.2) is 5.91 Å². The standard InChI is InChI=1S/C15H15FN2O2/c1-9(17)11-4-7-14(13(16)8-11)20-12-5-2-10(3-6-12)15(18)19/h2-9H,17H2,1H3,(H2,18,19)/t9-/m1/s1. The lowest BCUT2D eigenvalue weighted by Crippen LogP contribution is -2.10. The summed E-state index contributed by atoms with van der Waals surface area (Å²) in [5, 5.41) is 0. The van der Waals surface area contributed by atoms with E-state index in [9.17, 15) is 9.18 Å². The maximum absolute atomic E-state index is 13.8. The fourth-order valence-corrected chi connectivity index (χ4v) is 1.70. The molecule has 2 aromatic rings. The lowest BCUT2D eigenvalue weighted by Gasteiger charge is -2.10. The fraction of sp³-hybridized carbons (Fsp3) is 0.133. The van der Waals surface area contributed by atoms with Gasteiger partial charge in [-0.3, -0.25) is 4.79 Å². The zero-order valence-electron chi connectivity index (χ0n) is 11.0. The first-order chi connectivity index (χ1) is 9.47. The summed E-state index contributed by atoms with van der Waals surface area (Å²) in [6.07, 6.45) is 0. The third-order valence-corrected chi connectivity index (χ3v) is 2.85. The summed E-state index contributed by atoms with van der Waals surface area (Å²) in [5.74, 6) is -0.494. The molecule has 0 saturated carbocycles. The molecule has 0 aliphatic rings. The molecule has 0 heterocycles. The number of hydrogen-bond donors (Lipinski definition) is 2. The van der Waals surface area contributed by atoms with Crippen LogP contribution < -0.4 is 16.2 Å². The highest BCUT2D eigenvalue weighted by molar-refractivity contribution is 5.92. The Hall–Kier alpha value is -2.40. The van der Waals surface area contributed by atoms with Gasteiger partial charge < -0.3 is 16.2 Å². The molecule has 5 heteroatoms. The van der Waals surface area contributed by atoms with Crippen LogP contribution in [0.3, 0.4) is 0 Å². The van der Waals surface area contributed by atoms with Crippen LogP contribution >= 0.6 is 0 Å². The molecule has 1 amide bonds. The van der Waals surface area contributed by atoms with E-state index in [0.717, 1.165) is 0 Å². The van der Waals surface area contributed by atoms with Crippen LogP contribution in [0.5, 0.6) is 11.5 Å².